The lowest BCUT2D eigenvalue weighted by Crippen LogP contribution is -2.17. The van der Waals surface area contributed by atoms with Gasteiger partial charge >= 0.3 is 6.36 Å². The second-order valence-corrected chi connectivity index (χ2v) is 3.10. The first-order valence-corrected chi connectivity index (χ1v) is 4.33. The molecule has 0 unspecified atom stereocenters. The summed E-state index contributed by atoms with van der Waals surface area (Å²) in [5, 5.41) is 0.711. The number of rotatable bonds is 1. The Morgan fingerprint density at radius 1 is 1.19 bits per heavy atom. The standard InChI is InChI=1S/C10H6F3NO2/c11-10(12,13)16-7-2-1-6-3-4-14-9(15)8(6)5-7/h1-5H,(H,14,15). The van der Waals surface area contributed by atoms with Crippen LogP contribution in [0.1, 0.15) is 0 Å². The number of alkyl halides is 3. The van der Waals surface area contributed by atoms with Gasteiger partial charge in [-0.15, -0.1) is 13.2 Å². The van der Waals surface area contributed by atoms with Gasteiger partial charge in [-0.2, -0.15) is 0 Å². The molecule has 0 atom stereocenters. The van der Waals surface area contributed by atoms with E-state index in [1.54, 1.807) is 6.07 Å². The lowest BCUT2D eigenvalue weighted by atomic mass is 10.2. The molecule has 1 heterocycles. The van der Waals surface area contributed by atoms with E-state index in [-0.39, 0.29) is 5.39 Å². The zero-order valence-electron chi connectivity index (χ0n) is 7.84. The number of ether oxygens (including phenoxy) is 1. The van der Waals surface area contributed by atoms with Crippen molar-refractivity contribution in [1.82, 2.24) is 4.98 Å². The average molecular weight is 229 g/mol. The number of H-pyrrole nitrogens is 1. The van der Waals surface area contributed by atoms with Crippen LogP contribution in [-0.2, 0) is 0 Å². The second-order valence-electron chi connectivity index (χ2n) is 3.10. The van der Waals surface area contributed by atoms with E-state index >= 15 is 0 Å². The highest BCUT2D eigenvalue weighted by atomic mass is 19.4. The quantitative estimate of drug-likeness (QED) is 0.815. The molecule has 84 valence electrons. The maximum atomic E-state index is 11.9. The zero-order chi connectivity index (χ0) is 11.8. The Labute approximate surface area is 87.5 Å². The summed E-state index contributed by atoms with van der Waals surface area (Å²) in [7, 11) is 0. The molecule has 0 saturated carbocycles. The predicted octanol–water partition coefficient (Wildman–Crippen LogP) is 2.43. The SMILES string of the molecule is O=c1[nH]ccc2ccc(OC(F)(F)F)cc12. The van der Waals surface area contributed by atoms with Gasteiger partial charge in [0.05, 0.1) is 5.39 Å². The summed E-state index contributed by atoms with van der Waals surface area (Å²) in [6, 6.07) is 5.21. The largest absolute Gasteiger partial charge is 0.573 e. The van der Waals surface area contributed by atoms with Gasteiger partial charge in [0.25, 0.3) is 5.56 Å². The van der Waals surface area contributed by atoms with Crippen LogP contribution < -0.4 is 10.3 Å². The highest BCUT2D eigenvalue weighted by Crippen LogP contribution is 2.24. The van der Waals surface area contributed by atoms with Gasteiger partial charge < -0.3 is 9.72 Å². The summed E-state index contributed by atoms with van der Waals surface area (Å²) in [5.74, 6) is -0.406. The Balaban J connectivity index is 2.52. The summed E-state index contributed by atoms with van der Waals surface area (Å²) in [4.78, 5) is 13.7. The van der Waals surface area contributed by atoms with Crippen LogP contribution in [0.2, 0.25) is 0 Å². The summed E-state index contributed by atoms with van der Waals surface area (Å²) in [6.07, 6.45) is -3.33. The first-order valence-electron chi connectivity index (χ1n) is 4.33. The molecule has 0 bridgehead atoms. The number of halogens is 3. The molecule has 1 N–H and O–H groups in total. The molecule has 0 aliphatic carbocycles. The van der Waals surface area contributed by atoms with Gasteiger partial charge in [-0.25, -0.2) is 0 Å². The van der Waals surface area contributed by atoms with Gasteiger partial charge in [-0.1, -0.05) is 6.07 Å². The molecule has 3 nitrogen and oxygen atoms in total. The van der Waals surface area contributed by atoms with Crippen molar-refractivity contribution in [2.24, 2.45) is 0 Å². The van der Waals surface area contributed by atoms with Crippen LogP contribution in [0.5, 0.6) is 5.75 Å². The van der Waals surface area contributed by atoms with Crippen LogP contribution in [-0.4, -0.2) is 11.3 Å². The van der Waals surface area contributed by atoms with Crippen LogP contribution in [0.15, 0.2) is 35.3 Å². The topological polar surface area (TPSA) is 42.1 Å². The highest BCUT2D eigenvalue weighted by molar-refractivity contribution is 5.82. The maximum Gasteiger partial charge on any atom is 0.573 e. The molecule has 0 fully saturated rings. The Kier molecular flexibility index (Phi) is 2.34. The van der Waals surface area contributed by atoms with Gasteiger partial charge in [0.2, 0.25) is 0 Å². The van der Waals surface area contributed by atoms with Crippen molar-refractivity contribution in [3.8, 4) is 5.75 Å². The molecule has 2 rings (SSSR count). The number of pyridine rings is 1. The Morgan fingerprint density at radius 2 is 1.94 bits per heavy atom. The number of hydrogen-bond acceptors (Lipinski definition) is 2. The van der Waals surface area contributed by atoms with Crippen molar-refractivity contribution in [3.63, 3.8) is 0 Å². The number of aromatic nitrogens is 1. The fourth-order valence-corrected chi connectivity index (χ4v) is 1.36. The van der Waals surface area contributed by atoms with Gasteiger partial charge in [0.1, 0.15) is 5.75 Å². The first-order chi connectivity index (χ1) is 7.46. The summed E-state index contributed by atoms with van der Waals surface area (Å²) < 4.78 is 39.5. The fraction of sp³-hybridized carbons (Fsp3) is 0.100. The third-order valence-electron chi connectivity index (χ3n) is 1.98. The highest BCUT2D eigenvalue weighted by Gasteiger charge is 2.31. The molecule has 0 radical (unpaired) electrons. The number of aromatic amines is 1. The molecule has 1 aromatic heterocycles. The van der Waals surface area contributed by atoms with E-state index in [0.29, 0.717) is 5.39 Å². The van der Waals surface area contributed by atoms with Gasteiger partial charge in [-0.3, -0.25) is 4.79 Å². The van der Waals surface area contributed by atoms with E-state index < -0.39 is 17.7 Å². The number of hydrogen-bond donors (Lipinski definition) is 1. The minimum atomic E-state index is -4.75. The zero-order valence-corrected chi connectivity index (χ0v) is 7.84. The van der Waals surface area contributed by atoms with Crippen molar-refractivity contribution < 1.29 is 17.9 Å². The van der Waals surface area contributed by atoms with Crippen molar-refractivity contribution in [1.29, 1.82) is 0 Å². The molecular weight excluding hydrogens is 223 g/mol. The van der Waals surface area contributed by atoms with Gasteiger partial charge in [0.15, 0.2) is 0 Å². The third kappa shape index (κ3) is 2.16. The fourth-order valence-electron chi connectivity index (χ4n) is 1.36. The summed E-state index contributed by atoms with van der Waals surface area (Å²) in [5.41, 5.74) is -0.454. The summed E-state index contributed by atoms with van der Waals surface area (Å²) in [6.45, 7) is 0. The smallest absolute Gasteiger partial charge is 0.406 e. The molecule has 0 amide bonds. The van der Waals surface area contributed by atoms with Crippen LogP contribution >= 0.6 is 0 Å². The minimum Gasteiger partial charge on any atom is -0.406 e. The van der Waals surface area contributed by atoms with E-state index in [1.807, 2.05) is 0 Å². The van der Waals surface area contributed by atoms with E-state index in [9.17, 15) is 18.0 Å². The molecule has 16 heavy (non-hydrogen) atoms. The van der Waals surface area contributed by atoms with Crippen molar-refractivity contribution in [2.45, 2.75) is 6.36 Å². The molecule has 2 aromatic rings. The Morgan fingerprint density at radius 3 is 2.62 bits per heavy atom. The van der Waals surface area contributed by atoms with Crippen LogP contribution in [0, 0.1) is 0 Å². The van der Waals surface area contributed by atoms with Crippen LogP contribution in [0.4, 0.5) is 13.2 Å². The van der Waals surface area contributed by atoms with Gasteiger partial charge in [0, 0.05) is 6.20 Å². The van der Waals surface area contributed by atoms with E-state index in [0.717, 1.165) is 12.1 Å². The molecular formula is C10H6F3NO2. The van der Waals surface area contributed by atoms with Crippen LogP contribution in [0.25, 0.3) is 10.8 Å². The minimum absolute atomic E-state index is 0.157. The average Bonchev–Trinajstić information content (AvgIpc) is 2.17. The lowest BCUT2D eigenvalue weighted by molar-refractivity contribution is -0.274. The predicted molar refractivity (Wildman–Crippen MR) is 51.3 cm³/mol. The summed E-state index contributed by atoms with van der Waals surface area (Å²) >= 11 is 0. The van der Waals surface area contributed by atoms with E-state index in [2.05, 4.69) is 9.72 Å². The normalized spacial score (nSPS) is 11.7. The molecule has 6 heteroatoms. The van der Waals surface area contributed by atoms with E-state index in [4.69, 9.17) is 0 Å². The number of nitrogens with one attached hydrogen (secondary N) is 1. The molecule has 1 aromatic carbocycles. The van der Waals surface area contributed by atoms with E-state index in [1.165, 1.54) is 12.3 Å². The maximum absolute atomic E-state index is 11.9. The monoisotopic (exact) mass is 229 g/mol. The third-order valence-corrected chi connectivity index (χ3v) is 1.98. The van der Waals surface area contributed by atoms with Crippen LogP contribution in [0.3, 0.4) is 0 Å². The number of benzene rings is 1. The molecule has 0 aliphatic heterocycles. The van der Waals surface area contributed by atoms with Crippen molar-refractivity contribution in [3.05, 3.63) is 40.8 Å². The van der Waals surface area contributed by atoms with Gasteiger partial charge in [-0.05, 0) is 23.6 Å². The van der Waals surface area contributed by atoms with Crippen molar-refractivity contribution in [2.75, 3.05) is 0 Å². The second kappa shape index (κ2) is 3.55. The molecule has 0 aliphatic rings. The first kappa shape index (κ1) is 10.5. The molecule has 0 spiro atoms. The van der Waals surface area contributed by atoms with Crippen molar-refractivity contribution >= 4 is 10.8 Å². The number of fused-ring (bicyclic) bond motifs is 1. The molecule has 0 saturated heterocycles. The lowest BCUT2D eigenvalue weighted by Gasteiger charge is -2.08. The Bertz CT molecular complexity index is 574. The Hall–Kier alpha value is -1.98.